The molecule has 0 unspecified atom stereocenters. The summed E-state index contributed by atoms with van der Waals surface area (Å²) in [7, 11) is 0. The predicted molar refractivity (Wildman–Crippen MR) is 64.1 cm³/mol. The molecule has 0 aromatic carbocycles. The normalized spacial score (nSPS) is 12.8. The standard InChI is InChI=1S/C12H11ClF3NO3/c1-2-20-11(19)8(10(18)12(14,15)16)5-7-3-4-9(13)17-6-7/h3-4,6,8H,2,5H2,1H3/t8-/m1/s1. The fraction of sp³-hybridized carbons (Fsp3) is 0.417. The lowest BCUT2D eigenvalue weighted by Gasteiger charge is -2.16. The smallest absolute Gasteiger partial charge is 0.450 e. The van der Waals surface area contributed by atoms with Crippen LogP contribution < -0.4 is 0 Å². The van der Waals surface area contributed by atoms with Crippen LogP contribution in [0.25, 0.3) is 0 Å². The number of carbonyl (C=O) groups is 2. The van der Waals surface area contributed by atoms with Crippen LogP contribution in [0.15, 0.2) is 18.3 Å². The molecule has 0 N–H and O–H groups in total. The van der Waals surface area contributed by atoms with Crippen LogP contribution in [0.2, 0.25) is 5.15 Å². The van der Waals surface area contributed by atoms with E-state index in [1.165, 1.54) is 25.3 Å². The zero-order valence-corrected chi connectivity index (χ0v) is 11.2. The van der Waals surface area contributed by atoms with Crippen LogP contribution in [-0.2, 0) is 20.7 Å². The predicted octanol–water partition coefficient (Wildman–Crippen LogP) is 2.59. The van der Waals surface area contributed by atoms with Crippen molar-refractivity contribution in [2.75, 3.05) is 6.61 Å². The van der Waals surface area contributed by atoms with Crippen molar-refractivity contribution in [1.82, 2.24) is 4.98 Å². The number of esters is 1. The highest BCUT2D eigenvalue weighted by Gasteiger charge is 2.46. The summed E-state index contributed by atoms with van der Waals surface area (Å²) in [6.07, 6.45) is -4.34. The Morgan fingerprint density at radius 3 is 2.50 bits per heavy atom. The van der Waals surface area contributed by atoms with E-state index >= 15 is 0 Å². The number of carbonyl (C=O) groups excluding carboxylic acids is 2. The lowest BCUT2D eigenvalue weighted by atomic mass is 9.96. The van der Waals surface area contributed by atoms with Crippen LogP contribution in [0, 0.1) is 5.92 Å². The van der Waals surface area contributed by atoms with Crippen molar-refractivity contribution in [2.24, 2.45) is 5.92 Å². The maximum Gasteiger partial charge on any atom is 0.450 e. The molecule has 0 saturated heterocycles. The Balaban J connectivity index is 2.96. The number of ether oxygens (including phenoxy) is 1. The van der Waals surface area contributed by atoms with Gasteiger partial charge in [0, 0.05) is 6.20 Å². The molecule has 1 rings (SSSR count). The Kier molecular flexibility index (Phi) is 5.50. The second-order valence-corrected chi connectivity index (χ2v) is 4.25. The van der Waals surface area contributed by atoms with Gasteiger partial charge in [-0.15, -0.1) is 0 Å². The van der Waals surface area contributed by atoms with E-state index in [4.69, 9.17) is 11.6 Å². The first-order valence-electron chi connectivity index (χ1n) is 5.63. The Morgan fingerprint density at radius 1 is 1.40 bits per heavy atom. The fourth-order valence-corrected chi connectivity index (χ4v) is 1.60. The Labute approximate surface area is 117 Å². The lowest BCUT2D eigenvalue weighted by molar-refractivity contribution is -0.180. The third kappa shape index (κ3) is 4.48. The summed E-state index contributed by atoms with van der Waals surface area (Å²) in [4.78, 5) is 26.5. The molecule has 0 aliphatic heterocycles. The number of ketones is 1. The number of pyridine rings is 1. The monoisotopic (exact) mass is 309 g/mol. The lowest BCUT2D eigenvalue weighted by Crippen LogP contribution is -2.37. The quantitative estimate of drug-likeness (QED) is 0.476. The number of hydrogen-bond donors (Lipinski definition) is 0. The van der Waals surface area contributed by atoms with Crippen molar-refractivity contribution in [2.45, 2.75) is 19.5 Å². The maximum absolute atomic E-state index is 12.5. The zero-order chi connectivity index (χ0) is 15.3. The maximum atomic E-state index is 12.5. The van der Waals surface area contributed by atoms with E-state index in [2.05, 4.69) is 9.72 Å². The average Bonchev–Trinajstić information content (AvgIpc) is 2.36. The van der Waals surface area contributed by atoms with Gasteiger partial charge < -0.3 is 4.74 Å². The molecule has 8 heteroatoms. The van der Waals surface area contributed by atoms with E-state index < -0.39 is 30.3 Å². The van der Waals surface area contributed by atoms with Crippen molar-refractivity contribution < 1.29 is 27.5 Å². The zero-order valence-electron chi connectivity index (χ0n) is 10.4. The van der Waals surface area contributed by atoms with Gasteiger partial charge in [0.2, 0.25) is 0 Å². The minimum absolute atomic E-state index is 0.112. The van der Waals surface area contributed by atoms with Gasteiger partial charge in [-0.2, -0.15) is 13.2 Å². The average molecular weight is 310 g/mol. The molecule has 1 heterocycles. The highest BCUT2D eigenvalue weighted by molar-refractivity contribution is 6.29. The van der Waals surface area contributed by atoms with Crippen molar-refractivity contribution in [3.8, 4) is 0 Å². The SMILES string of the molecule is CCOC(=O)[C@H](Cc1ccc(Cl)nc1)C(=O)C(F)(F)F. The van der Waals surface area contributed by atoms with Crippen molar-refractivity contribution in [1.29, 1.82) is 0 Å². The third-order valence-electron chi connectivity index (χ3n) is 2.40. The molecule has 4 nitrogen and oxygen atoms in total. The first-order chi connectivity index (χ1) is 9.25. The number of alkyl halides is 3. The van der Waals surface area contributed by atoms with Crippen LogP contribution in [0.4, 0.5) is 13.2 Å². The second kappa shape index (κ2) is 6.69. The summed E-state index contributed by atoms with van der Waals surface area (Å²) < 4.78 is 41.9. The molecule has 0 bridgehead atoms. The topological polar surface area (TPSA) is 56.3 Å². The molecule has 0 saturated carbocycles. The summed E-state index contributed by atoms with van der Waals surface area (Å²) >= 11 is 5.55. The first-order valence-corrected chi connectivity index (χ1v) is 6.01. The van der Waals surface area contributed by atoms with Crippen LogP contribution in [-0.4, -0.2) is 29.5 Å². The van der Waals surface area contributed by atoms with Crippen LogP contribution in [0.3, 0.4) is 0 Å². The third-order valence-corrected chi connectivity index (χ3v) is 2.62. The minimum Gasteiger partial charge on any atom is -0.465 e. The Hall–Kier alpha value is -1.63. The van der Waals surface area contributed by atoms with E-state index in [0.717, 1.165) is 0 Å². The molecule has 1 atom stereocenters. The van der Waals surface area contributed by atoms with E-state index in [9.17, 15) is 22.8 Å². The number of nitrogens with zero attached hydrogens (tertiary/aromatic N) is 1. The van der Waals surface area contributed by atoms with Crippen LogP contribution in [0.5, 0.6) is 0 Å². The summed E-state index contributed by atoms with van der Waals surface area (Å²) in [5.41, 5.74) is 0.282. The number of Topliss-reactive ketones (excluding diaryl/α,β-unsaturated/α-hetero) is 1. The number of aromatic nitrogens is 1. The van der Waals surface area contributed by atoms with E-state index in [1.807, 2.05) is 0 Å². The Morgan fingerprint density at radius 2 is 2.05 bits per heavy atom. The van der Waals surface area contributed by atoms with Gasteiger partial charge in [-0.3, -0.25) is 9.59 Å². The molecular weight excluding hydrogens is 299 g/mol. The highest BCUT2D eigenvalue weighted by Crippen LogP contribution is 2.24. The molecule has 1 aromatic heterocycles. The number of rotatable bonds is 5. The molecule has 0 spiro atoms. The fourth-order valence-electron chi connectivity index (χ4n) is 1.49. The van der Waals surface area contributed by atoms with Crippen LogP contribution >= 0.6 is 11.6 Å². The van der Waals surface area contributed by atoms with Gasteiger partial charge in [0.15, 0.2) is 0 Å². The van der Waals surface area contributed by atoms with Crippen molar-refractivity contribution in [3.05, 3.63) is 29.0 Å². The van der Waals surface area contributed by atoms with E-state index in [-0.39, 0.29) is 17.3 Å². The highest BCUT2D eigenvalue weighted by atomic mass is 35.5. The van der Waals surface area contributed by atoms with Gasteiger partial charge in [0.05, 0.1) is 6.61 Å². The van der Waals surface area contributed by atoms with Crippen LogP contribution in [0.1, 0.15) is 12.5 Å². The summed E-state index contributed by atoms with van der Waals surface area (Å²) in [6, 6.07) is 2.75. The van der Waals surface area contributed by atoms with Gasteiger partial charge in [0.25, 0.3) is 5.78 Å². The van der Waals surface area contributed by atoms with Gasteiger partial charge >= 0.3 is 12.1 Å². The second-order valence-electron chi connectivity index (χ2n) is 3.86. The van der Waals surface area contributed by atoms with Gasteiger partial charge in [-0.25, -0.2) is 4.98 Å². The molecule has 0 aliphatic carbocycles. The largest absolute Gasteiger partial charge is 0.465 e. The van der Waals surface area contributed by atoms with E-state index in [0.29, 0.717) is 0 Å². The molecule has 110 valence electrons. The number of halogens is 4. The molecule has 0 aliphatic rings. The molecule has 0 radical (unpaired) electrons. The Bertz CT molecular complexity index is 488. The summed E-state index contributed by atoms with van der Waals surface area (Å²) in [6.45, 7) is 1.33. The summed E-state index contributed by atoms with van der Waals surface area (Å²) in [5, 5.41) is 0.156. The minimum atomic E-state index is -5.10. The first kappa shape index (κ1) is 16.4. The van der Waals surface area contributed by atoms with Gasteiger partial charge in [0.1, 0.15) is 11.1 Å². The summed E-state index contributed by atoms with van der Waals surface area (Å²) in [5.74, 6) is -5.27. The molecule has 0 amide bonds. The van der Waals surface area contributed by atoms with E-state index in [1.54, 1.807) is 0 Å². The molecule has 20 heavy (non-hydrogen) atoms. The van der Waals surface area contributed by atoms with Gasteiger partial charge in [-0.1, -0.05) is 17.7 Å². The number of hydrogen-bond acceptors (Lipinski definition) is 4. The molecule has 0 fully saturated rings. The van der Waals surface area contributed by atoms with Crippen molar-refractivity contribution >= 4 is 23.4 Å². The molecule has 1 aromatic rings. The van der Waals surface area contributed by atoms with Crippen molar-refractivity contribution in [3.63, 3.8) is 0 Å². The molecular formula is C12H11ClF3NO3. The van der Waals surface area contributed by atoms with Gasteiger partial charge in [-0.05, 0) is 25.0 Å².